The van der Waals surface area contributed by atoms with E-state index in [0.717, 1.165) is 19.4 Å². The van der Waals surface area contributed by atoms with Gasteiger partial charge in [-0.25, -0.2) is 13.1 Å². The number of carbonyl (C=O) groups excluding carboxylic acids is 1. The first kappa shape index (κ1) is 21.0. The zero-order valence-electron chi connectivity index (χ0n) is 14.5. The van der Waals surface area contributed by atoms with Crippen LogP contribution in [0.25, 0.3) is 0 Å². The van der Waals surface area contributed by atoms with E-state index in [4.69, 9.17) is 0 Å². The third kappa shape index (κ3) is 4.50. The summed E-state index contributed by atoms with van der Waals surface area (Å²) in [6.45, 7) is 5.52. The first-order valence-corrected chi connectivity index (χ1v) is 9.27. The molecular formula is C15H27ClN4O3S. The molecule has 1 amide bonds. The summed E-state index contributed by atoms with van der Waals surface area (Å²) in [5.41, 5.74) is 0.356. The number of halogens is 1. The molecule has 0 saturated carbocycles. The van der Waals surface area contributed by atoms with Crippen LogP contribution in [0.1, 0.15) is 37.2 Å². The van der Waals surface area contributed by atoms with Crippen molar-refractivity contribution in [1.29, 1.82) is 0 Å². The Balaban J connectivity index is 0.00000288. The van der Waals surface area contributed by atoms with Crippen LogP contribution in [0.2, 0.25) is 0 Å². The van der Waals surface area contributed by atoms with Gasteiger partial charge < -0.3 is 15.2 Å². The Morgan fingerprint density at radius 2 is 2.12 bits per heavy atom. The van der Waals surface area contributed by atoms with Crippen molar-refractivity contribution in [3.8, 4) is 0 Å². The molecule has 7 nitrogen and oxygen atoms in total. The number of piperidine rings is 1. The minimum Gasteiger partial charge on any atom is -0.354 e. The normalized spacial score (nSPS) is 20.2. The van der Waals surface area contributed by atoms with Gasteiger partial charge >= 0.3 is 0 Å². The van der Waals surface area contributed by atoms with Crippen LogP contribution in [-0.2, 0) is 17.1 Å². The van der Waals surface area contributed by atoms with Crippen LogP contribution in [0.4, 0.5) is 0 Å². The lowest BCUT2D eigenvalue weighted by Gasteiger charge is -2.39. The summed E-state index contributed by atoms with van der Waals surface area (Å²) in [6.07, 6.45) is 3.62. The number of aryl methyl sites for hydroxylation is 1. The summed E-state index contributed by atoms with van der Waals surface area (Å²) < 4.78 is 29.1. The SMILES string of the molecule is CNC(=O)c1cc(S(=O)(=O)NCC2NCCCC2(C)C)cn1C.Cl. The minimum absolute atomic E-state index is 0. The van der Waals surface area contributed by atoms with Gasteiger partial charge in [0, 0.05) is 32.9 Å². The predicted octanol–water partition coefficient (Wildman–Crippen LogP) is 0.863. The van der Waals surface area contributed by atoms with E-state index in [1.54, 1.807) is 7.05 Å². The highest BCUT2D eigenvalue weighted by Gasteiger charge is 2.33. The Morgan fingerprint density at radius 1 is 1.46 bits per heavy atom. The number of hydrogen-bond donors (Lipinski definition) is 3. The summed E-state index contributed by atoms with van der Waals surface area (Å²) in [7, 11) is -0.483. The molecule has 2 heterocycles. The van der Waals surface area contributed by atoms with Crippen LogP contribution in [0.3, 0.4) is 0 Å². The molecule has 0 radical (unpaired) electrons. The summed E-state index contributed by atoms with van der Waals surface area (Å²) in [6, 6.07) is 1.48. The van der Waals surface area contributed by atoms with E-state index in [2.05, 4.69) is 29.2 Å². The van der Waals surface area contributed by atoms with E-state index in [-0.39, 0.29) is 34.7 Å². The molecule has 1 saturated heterocycles. The van der Waals surface area contributed by atoms with Crippen LogP contribution >= 0.6 is 12.4 Å². The Morgan fingerprint density at radius 3 is 2.71 bits per heavy atom. The lowest BCUT2D eigenvalue weighted by atomic mass is 9.78. The maximum Gasteiger partial charge on any atom is 0.267 e. The van der Waals surface area contributed by atoms with Crippen LogP contribution in [-0.4, -0.2) is 45.1 Å². The van der Waals surface area contributed by atoms with Gasteiger partial charge in [-0.05, 0) is 30.9 Å². The first-order chi connectivity index (χ1) is 10.7. The van der Waals surface area contributed by atoms with Crippen molar-refractivity contribution in [2.45, 2.75) is 37.6 Å². The molecule has 0 bridgehead atoms. The van der Waals surface area contributed by atoms with Crippen LogP contribution in [0, 0.1) is 5.41 Å². The molecule has 1 aromatic heterocycles. The molecule has 1 aliphatic heterocycles. The zero-order chi connectivity index (χ0) is 17.3. The molecule has 9 heteroatoms. The average Bonchev–Trinajstić information content (AvgIpc) is 2.88. The Bertz CT molecular complexity index is 685. The lowest BCUT2D eigenvalue weighted by molar-refractivity contribution is 0.0955. The highest BCUT2D eigenvalue weighted by molar-refractivity contribution is 7.89. The average molecular weight is 379 g/mol. The molecule has 2 rings (SSSR count). The van der Waals surface area contributed by atoms with Crippen molar-refractivity contribution >= 4 is 28.3 Å². The van der Waals surface area contributed by atoms with E-state index < -0.39 is 10.0 Å². The molecular weight excluding hydrogens is 352 g/mol. The highest BCUT2D eigenvalue weighted by atomic mass is 35.5. The maximum atomic E-state index is 12.5. The number of aromatic nitrogens is 1. The van der Waals surface area contributed by atoms with Gasteiger partial charge in [-0.15, -0.1) is 12.4 Å². The van der Waals surface area contributed by atoms with Gasteiger partial charge in [0.1, 0.15) is 10.6 Å². The number of rotatable bonds is 5. The standard InChI is InChI=1S/C15H26N4O3S.ClH/c1-15(2)6-5-7-17-13(15)9-18-23(21,22)11-8-12(14(20)16-3)19(4)10-11;/h8,10,13,17-18H,5-7,9H2,1-4H3,(H,16,20);1H. The fourth-order valence-electron chi connectivity index (χ4n) is 2.93. The second kappa shape index (κ2) is 7.86. The molecule has 138 valence electrons. The number of nitrogens with one attached hydrogen (secondary N) is 3. The predicted molar refractivity (Wildman–Crippen MR) is 96.0 cm³/mol. The fourth-order valence-corrected chi connectivity index (χ4v) is 4.05. The van der Waals surface area contributed by atoms with Crippen LogP contribution in [0.5, 0.6) is 0 Å². The lowest BCUT2D eigenvalue weighted by Crippen LogP contribution is -2.52. The second-order valence-electron chi connectivity index (χ2n) is 6.70. The molecule has 1 fully saturated rings. The topological polar surface area (TPSA) is 92.2 Å². The second-order valence-corrected chi connectivity index (χ2v) is 8.47. The van der Waals surface area contributed by atoms with Crippen molar-refractivity contribution in [2.75, 3.05) is 20.1 Å². The molecule has 24 heavy (non-hydrogen) atoms. The maximum absolute atomic E-state index is 12.5. The van der Waals surface area contributed by atoms with Gasteiger partial charge in [0.2, 0.25) is 10.0 Å². The Hall–Kier alpha value is -1.09. The third-order valence-electron chi connectivity index (χ3n) is 4.56. The molecule has 1 aromatic rings. The largest absolute Gasteiger partial charge is 0.354 e. The van der Waals surface area contributed by atoms with Crippen molar-refractivity contribution in [1.82, 2.24) is 19.9 Å². The zero-order valence-corrected chi connectivity index (χ0v) is 16.2. The van der Waals surface area contributed by atoms with E-state index in [9.17, 15) is 13.2 Å². The molecule has 1 atom stereocenters. The van der Waals surface area contributed by atoms with Gasteiger partial charge in [-0.1, -0.05) is 13.8 Å². The van der Waals surface area contributed by atoms with Gasteiger partial charge in [-0.3, -0.25) is 4.79 Å². The molecule has 0 aromatic carbocycles. The number of hydrogen-bond acceptors (Lipinski definition) is 4. The van der Waals surface area contributed by atoms with Gasteiger partial charge in [0.05, 0.1) is 0 Å². The number of carbonyl (C=O) groups is 1. The van der Waals surface area contributed by atoms with Gasteiger partial charge in [0.25, 0.3) is 5.91 Å². The first-order valence-electron chi connectivity index (χ1n) is 7.79. The van der Waals surface area contributed by atoms with Crippen molar-refractivity contribution in [3.05, 3.63) is 18.0 Å². The monoisotopic (exact) mass is 378 g/mol. The Kier molecular flexibility index (Phi) is 6.86. The van der Waals surface area contributed by atoms with E-state index in [1.807, 2.05) is 0 Å². The van der Waals surface area contributed by atoms with E-state index in [1.165, 1.54) is 23.9 Å². The van der Waals surface area contributed by atoms with Gasteiger partial charge in [0.15, 0.2) is 0 Å². The van der Waals surface area contributed by atoms with E-state index >= 15 is 0 Å². The molecule has 1 unspecified atom stereocenters. The fraction of sp³-hybridized carbons (Fsp3) is 0.667. The molecule has 3 N–H and O–H groups in total. The highest BCUT2D eigenvalue weighted by Crippen LogP contribution is 2.29. The molecule has 1 aliphatic rings. The third-order valence-corrected chi connectivity index (χ3v) is 5.95. The quantitative estimate of drug-likeness (QED) is 0.708. The van der Waals surface area contributed by atoms with Gasteiger partial charge in [-0.2, -0.15) is 0 Å². The number of sulfonamides is 1. The summed E-state index contributed by atoms with van der Waals surface area (Å²) in [4.78, 5) is 11.8. The smallest absolute Gasteiger partial charge is 0.267 e. The number of nitrogens with zero attached hydrogens (tertiary/aromatic N) is 1. The van der Waals surface area contributed by atoms with Crippen molar-refractivity contribution in [3.63, 3.8) is 0 Å². The molecule has 0 spiro atoms. The summed E-state index contributed by atoms with van der Waals surface area (Å²) >= 11 is 0. The van der Waals surface area contributed by atoms with Crippen LogP contribution < -0.4 is 15.4 Å². The molecule has 0 aliphatic carbocycles. The van der Waals surface area contributed by atoms with Crippen molar-refractivity contribution < 1.29 is 13.2 Å². The number of amides is 1. The summed E-state index contributed by atoms with van der Waals surface area (Å²) in [5, 5.41) is 5.88. The van der Waals surface area contributed by atoms with Crippen LogP contribution in [0.15, 0.2) is 17.2 Å². The Labute approximate surface area is 150 Å². The minimum atomic E-state index is -3.64. The van der Waals surface area contributed by atoms with Crippen molar-refractivity contribution in [2.24, 2.45) is 12.5 Å². The van der Waals surface area contributed by atoms with E-state index in [0.29, 0.717) is 12.2 Å². The summed E-state index contributed by atoms with van der Waals surface area (Å²) in [5.74, 6) is -0.316.